The van der Waals surface area contributed by atoms with Gasteiger partial charge in [-0.15, -0.1) is 21.5 Å². The van der Waals surface area contributed by atoms with E-state index in [1.807, 2.05) is 0 Å². The Kier molecular flexibility index (Phi) is 6.59. The lowest BCUT2D eigenvalue weighted by molar-refractivity contribution is -0.759. The number of carbonyl (C=O) groups is 2. The van der Waals surface area contributed by atoms with Gasteiger partial charge in [-0.2, -0.15) is 13.2 Å². The zero-order valence-corrected chi connectivity index (χ0v) is 20.6. The number of rotatable bonds is 8. The van der Waals surface area contributed by atoms with Crippen LogP contribution in [-0.4, -0.2) is 23.4 Å². The average molecular weight is 559 g/mol. The van der Waals surface area contributed by atoms with Crippen LogP contribution >= 0.6 is 11.3 Å². The van der Waals surface area contributed by atoms with E-state index in [4.69, 9.17) is 4.74 Å². The first kappa shape index (κ1) is 26.3. The molecular weight excluding hydrogens is 542 g/mol. The molecule has 0 atom stereocenters. The Morgan fingerprint density at radius 1 is 1.00 bits per heavy atom. The minimum Gasteiger partial charge on any atom is -0.426 e. The molecule has 1 aromatic heterocycles. The van der Waals surface area contributed by atoms with E-state index in [0.29, 0.717) is 34.1 Å². The van der Waals surface area contributed by atoms with E-state index < -0.39 is 46.4 Å². The van der Waals surface area contributed by atoms with Gasteiger partial charge in [0.15, 0.2) is 0 Å². The van der Waals surface area contributed by atoms with Gasteiger partial charge in [-0.1, -0.05) is 24.3 Å². The zero-order valence-electron chi connectivity index (χ0n) is 19.8. The van der Waals surface area contributed by atoms with Crippen molar-refractivity contribution in [2.45, 2.75) is 19.0 Å². The number of hydrogen-bond donors (Lipinski definition) is 0. The summed E-state index contributed by atoms with van der Waals surface area (Å²) in [6.45, 7) is -0.416. The highest BCUT2D eigenvalue weighted by Crippen LogP contribution is 2.48. The highest BCUT2D eigenvalue weighted by atomic mass is 32.1. The number of ether oxygens (including phenoxy) is 1. The number of esters is 1. The topological polar surface area (TPSA) is 95.7 Å². The van der Waals surface area contributed by atoms with Crippen molar-refractivity contribution in [3.05, 3.63) is 98.7 Å². The molecule has 39 heavy (non-hydrogen) atoms. The third-order valence-corrected chi connectivity index (χ3v) is 7.57. The number of fused-ring (bicyclic) bond motifs is 1. The fourth-order valence-electron chi connectivity index (χ4n) is 4.09. The Balaban J connectivity index is 1.52. The van der Waals surface area contributed by atoms with E-state index >= 15 is 0 Å². The highest BCUT2D eigenvalue weighted by Gasteiger charge is 2.52. The fourth-order valence-corrected chi connectivity index (χ4v) is 5.31. The lowest BCUT2D eigenvalue weighted by Crippen LogP contribution is -2.27. The molecule has 0 aliphatic heterocycles. The second-order valence-electron chi connectivity index (χ2n) is 9.04. The maximum absolute atomic E-state index is 13.6. The summed E-state index contributed by atoms with van der Waals surface area (Å²) in [5.41, 5.74) is -0.989. The van der Waals surface area contributed by atoms with Crippen LogP contribution < -0.4 is 4.74 Å². The molecule has 0 bridgehead atoms. The summed E-state index contributed by atoms with van der Waals surface area (Å²) >= 11 is 1.04. The van der Waals surface area contributed by atoms with Gasteiger partial charge >= 0.3 is 12.1 Å². The molecule has 1 saturated carbocycles. The number of nitrogens with zero attached hydrogens (tertiary/aromatic N) is 1. The number of hydrogen-bond acceptors (Lipinski definition) is 7. The normalized spacial score (nSPS) is 14.2. The SMILES string of the molecule is O=C(c1ccc(C(F)(F)F)cc1)c1sc2cc(OC(=O)C3(CO[N+](=O)[O-])CC3)ccc2c1-c1ccc(F)cc1. The molecule has 4 aromatic rings. The maximum Gasteiger partial charge on any atom is 0.416 e. The first-order valence-electron chi connectivity index (χ1n) is 11.5. The minimum atomic E-state index is -4.55. The fraction of sp³-hybridized carbons (Fsp3) is 0.185. The third kappa shape index (κ3) is 5.32. The van der Waals surface area contributed by atoms with E-state index in [9.17, 15) is 37.3 Å². The van der Waals surface area contributed by atoms with E-state index in [-0.39, 0.29) is 16.2 Å². The third-order valence-electron chi connectivity index (χ3n) is 6.42. The molecule has 0 N–H and O–H groups in total. The molecule has 0 unspecified atom stereocenters. The van der Waals surface area contributed by atoms with Crippen molar-refractivity contribution in [3.63, 3.8) is 0 Å². The molecular formula is C27H17F4NO6S. The molecule has 200 valence electrons. The van der Waals surface area contributed by atoms with Crippen LogP contribution in [0, 0.1) is 21.3 Å². The van der Waals surface area contributed by atoms with Gasteiger partial charge in [0.05, 0.1) is 15.9 Å². The largest absolute Gasteiger partial charge is 0.426 e. The molecule has 7 nitrogen and oxygen atoms in total. The monoisotopic (exact) mass is 559 g/mol. The van der Waals surface area contributed by atoms with E-state index in [0.717, 1.165) is 35.6 Å². The van der Waals surface area contributed by atoms with Crippen LogP contribution in [0.25, 0.3) is 21.2 Å². The first-order valence-corrected chi connectivity index (χ1v) is 12.3. The van der Waals surface area contributed by atoms with E-state index in [1.165, 1.54) is 36.4 Å². The standard InChI is InChI=1S/C27H17F4NO6S/c28-18-7-3-15(4-8-18)22-20-10-9-19(38-25(34)26(11-12-26)14-37-32(35)36)13-21(20)39-24(22)23(33)16-1-5-17(6-2-16)27(29,30)31/h1-10,13H,11-12,14H2. The van der Waals surface area contributed by atoms with Crippen LogP contribution in [0.4, 0.5) is 17.6 Å². The number of carbonyl (C=O) groups excluding carboxylic acids is 2. The number of ketones is 1. The van der Waals surface area contributed by atoms with Crippen LogP contribution in [0.15, 0.2) is 66.7 Å². The molecule has 0 saturated heterocycles. The Labute approximate surface area is 221 Å². The quantitative estimate of drug-likeness (QED) is 0.0585. The summed E-state index contributed by atoms with van der Waals surface area (Å²) in [4.78, 5) is 41.2. The van der Waals surface area contributed by atoms with Crippen LogP contribution in [0.5, 0.6) is 5.75 Å². The minimum absolute atomic E-state index is 0.0334. The summed E-state index contributed by atoms with van der Waals surface area (Å²) in [6.07, 6.45) is -3.80. The Bertz CT molecular complexity index is 1590. The summed E-state index contributed by atoms with van der Waals surface area (Å²) in [5, 5.41) is 10.1. The van der Waals surface area contributed by atoms with Crippen molar-refractivity contribution in [3.8, 4) is 16.9 Å². The van der Waals surface area contributed by atoms with E-state index in [2.05, 4.69) is 4.84 Å². The Morgan fingerprint density at radius 3 is 2.26 bits per heavy atom. The van der Waals surface area contributed by atoms with Gasteiger partial charge in [0, 0.05) is 21.2 Å². The summed E-state index contributed by atoms with van der Waals surface area (Å²) in [7, 11) is 0. The lowest BCUT2D eigenvalue weighted by Gasteiger charge is -2.13. The zero-order chi connectivity index (χ0) is 27.9. The maximum atomic E-state index is 13.6. The summed E-state index contributed by atoms with van der Waals surface area (Å²) in [6, 6.07) is 13.9. The molecule has 5 rings (SSSR count). The van der Waals surface area contributed by atoms with Crippen LogP contribution in [0.1, 0.15) is 33.6 Å². The number of alkyl halides is 3. The Hall–Kier alpha value is -4.32. The summed E-state index contributed by atoms with van der Waals surface area (Å²) < 4.78 is 58.6. The Morgan fingerprint density at radius 2 is 1.67 bits per heavy atom. The molecule has 12 heteroatoms. The van der Waals surface area contributed by atoms with Crippen LogP contribution in [-0.2, 0) is 15.8 Å². The van der Waals surface area contributed by atoms with Crippen molar-refractivity contribution < 1.29 is 41.8 Å². The second kappa shape index (κ2) is 9.77. The predicted octanol–water partition coefficient (Wildman–Crippen LogP) is 6.85. The van der Waals surface area contributed by atoms with Gasteiger partial charge in [-0.25, -0.2) is 4.39 Å². The average Bonchev–Trinajstić information content (AvgIpc) is 3.61. The smallest absolute Gasteiger partial charge is 0.416 e. The molecule has 1 aliphatic rings. The highest BCUT2D eigenvalue weighted by molar-refractivity contribution is 7.21. The van der Waals surface area contributed by atoms with Crippen molar-refractivity contribution in [1.82, 2.24) is 0 Å². The van der Waals surface area contributed by atoms with Gasteiger partial charge < -0.3 is 9.57 Å². The molecule has 0 spiro atoms. The van der Waals surface area contributed by atoms with Gasteiger partial charge in [-0.05, 0) is 60.9 Å². The van der Waals surface area contributed by atoms with Gasteiger partial charge in [0.2, 0.25) is 5.78 Å². The number of thiophene rings is 1. The molecule has 1 fully saturated rings. The van der Waals surface area contributed by atoms with Crippen molar-refractivity contribution in [2.75, 3.05) is 6.61 Å². The molecule has 0 amide bonds. The van der Waals surface area contributed by atoms with Crippen LogP contribution in [0.2, 0.25) is 0 Å². The van der Waals surface area contributed by atoms with Gasteiger partial charge in [0.25, 0.3) is 5.09 Å². The van der Waals surface area contributed by atoms with Crippen molar-refractivity contribution >= 4 is 33.2 Å². The molecule has 0 radical (unpaired) electrons. The van der Waals surface area contributed by atoms with Gasteiger partial charge in [0.1, 0.15) is 18.2 Å². The van der Waals surface area contributed by atoms with Crippen LogP contribution in [0.3, 0.4) is 0 Å². The molecule has 3 aromatic carbocycles. The second-order valence-corrected chi connectivity index (χ2v) is 10.1. The number of halogens is 4. The van der Waals surface area contributed by atoms with E-state index in [1.54, 1.807) is 6.07 Å². The van der Waals surface area contributed by atoms with Crippen molar-refractivity contribution in [2.24, 2.45) is 5.41 Å². The summed E-state index contributed by atoms with van der Waals surface area (Å²) in [5.74, 6) is -1.56. The number of benzene rings is 3. The molecule has 1 heterocycles. The molecule has 1 aliphatic carbocycles. The first-order chi connectivity index (χ1) is 18.5. The van der Waals surface area contributed by atoms with Gasteiger partial charge in [-0.3, -0.25) is 9.59 Å². The predicted molar refractivity (Wildman–Crippen MR) is 132 cm³/mol. The lowest BCUT2D eigenvalue weighted by atomic mass is 9.97. The van der Waals surface area contributed by atoms with Crippen molar-refractivity contribution in [1.29, 1.82) is 0 Å².